The van der Waals surface area contributed by atoms with Crippen LogP contribution >= 0.6 is 0 Å². The third-order valence-electron chi connectivity index (χ3n) is 4.46. The molecular weight excluding hydrogens is 256 g/mol. The maximum absolute atomic E-state index is 12.2. The molecule has 21 heavy (non-hydrogen) atoms. The van der Waals surface area contributed by atoms with Crippen molar-refractivity contribution in [3.8, 4) is 0 Å². The Morgan fingerprint density at radius 3 is 1.95 bits per heavy atom. The van der Waals surface area contributed by atoms with E-state index in [0.717, 1.165) is 12.0 Å². The summed E-state index contributed by atoms with van der Waals surface area (Å²) in [6.07, 6.45) is 0.971. The minimum absolute atomic E-state index is 0.186. The normalized spacial score (nSPS) is 21.6. The van der Waals surface area contributed by atoms with Crippen LogP contribution in [0.3, 0.4) is 0 Å². The smallest absolute Gasteiger partial charge is 0.156 e. The highest BCUT2D eigenvalue weighted by Gasteiger charge is 2.36. The van der Waals surface area contributed by atoms with Gasteiger partial charge in [-0.05, 0) is 37.3 Å². The summed E-state index contributed by atoms with van der Waals surface area (Å²) < 4.78 is 0. The third kappa shape index (κ3) is 2.56. The quantitative estimate of drug-likeness (QED) is 0.782. The zero-order valence-corrected chi connectivity index (χ0v) is 12.5. The van der Waals surface area contributed by atoms with Gasteiger partial charge in [-0.15, -0.1) is 0 Å². The predicted molar refractivity (Wildman–Crippen MR) is 86.4 cm³/mol. The number of benzene rings is 2. The first-order chi connectivity index (χ1) is 10.2. The second-order valence-electron chi connectivity index (χ2n) is 5.86. The maximum atomic E-state index is 12.2. The first-order valence-corrected chi connectivity index (χ1v) is 7.49. The molecule has 3 rings (SSSR count). The molecule has 0 saturated carbocycles. The molecule has 1 aliphatic rings. The van der Waals surface area contributed by atoms with Crippen LogP contribution in [-0.4, -0.2) is 5.78 Å². The van der Waals surface area contributed by atoms with Crippen LogP contribution in [0.15, 0.2) is 71.8 Å². The molecule has 1 aliphatic carbocycles. The third-order valence-corrected chi connectivity index (χ3v) is 4.46. The van der Waals surface area contributed by atoms with Gasteiger partial charge < -0.3 is 0 Å². The lowest BCUT2D eigenvalue weighted by Crippen LogP contribution is -2.12. The standard InChI is InChI=1S/C20H20O/c1-14-13-18(16-9-5-3-6-10-16)20(19(14)15(2)21)17-11-7-4-8-12-17/h3-12,18,20H,13H2,1-2H3/t18-,20+/m0/s1. The first kappa shape index (κ1) is 13.8. The van der Waals surface area contributed by atoms with Crippen LogP contribution in [0.4, 0.5) is 0 Å². The molecule has 0 unspecified atom stereocenters. The van der Waals surface area contributed by atoms with Gasteiger partial charge in [-0.1, -0.05) is 66.2 Å². The van der Waals surface area contributed by atoms with Crippen molar-refractivity contribution in [1.82, 2.24) is 0 Å². The van der Waals surface area contributed by atoms with Crippen LogP contribution in [0.2, 0.25) is 0 Å². The fourth-order valence-electron chi connectivity index (χ4n) is 3.61. The van der Waals surface area contributed by atoms with E-state index in [9.17, 15) is 4.79 Å². The maximum Gasteiger partial charge on any atom is 0.156 e. The van der Waals surface area contributed by atoms with Gasteiger partial charge in [-0.3, -0.25) is 4.79 Å². The predicted octanol–water partition coefficient (Wildman–Crippen LogP) is 4.86. The van der Waals surface area contributed by atoms with Gasteiger partial charge >= 0.3 is 0 Å². The van der Waals surface area contributed by atoms with Crippen molar-refractivity contribution in [3.63, 3.8) is 0 Å². The molecule has 0 fully saturated rings. The molecule has 0 aliphatic heterocycles. The van der Waals surface area contributed by atoms with Gasteiger partial charge in [0.25, 0.3) is 0 Å². The van der Waals surface area contributed by atoms with E-state index in [2.05, 4.69) is 55.5 Å². The Kier molecular flexibility index (Phi) is 3.74. The molecule has 0 aromatic heterocycles. The van der Waals surface area contributed by atoms with Crippen molar-refractivity contribution in [2.75, 3.05) is 0 Å². The molecule has 0 N–H and O–H groups in total. The van der Waals surface area contributed by atoms with Gasteiger partial charge in [-0.2, -0.15) is 0 Å². The summed E-state index contributed by atoms with van der Waals surface area (Å²) in [4.78, 5) is 12.2. The lowest BCUT2D eigenvalue weighted by molar-refractivity contribution is -0.113. The van der Waals surface area contributed by atoms with Crippen molar-refractivity contribution >= 4 is 5.78 Å². The van der Waals surface area contributed by atoms with Crippen molar-refractivity contribution < 1.29 is 4.79 Å². The van der Waals surface area contributed by atoms with E-state index in [-0.39, 0.29) is 11.7 Å². The number of rotatable bonds is 3. The van der Waals surface area contributed by atoms with E-state index in [1.165, 1.54) is 16.7 Å². The summed E-state index contributed by atoms with van der Waals surface area (Å²) in [6.45, 7) is 3.80. The number of allylic oxidation sites excluding steroid dienone is 2. The summed E-state index contributed by atoms with van der Waals surface area (Å²) in [6, 6.07) is 21.0. The average molecular weight is 276 g/mol. The Morgan fingerprint density at radius 1 is 0.905 bits per heavy atom. The van der Waals surface area contributed by atoms with Gasteiger partial charge in [-0.25, -0.2) is 0 Å². The molecule has 0 spiro atoms. The van der Waals surface area contributed by atoms with E-state index in [0.29, 0.717) is 5.92 Å². The van der Waals surface area contributed by atoms with Crippen molar-refractivity contribution in [3.05, 3.63) is 82.9 Å². The van der Waals surface area contributed by atoms with E-state index in [1.54, 1.807) is 6.92 Å². The number of hydrogen-bond donors (Lipinski definition) is 0. The van der Waals surface area contributed by atoms with Crippen LogP contribution in [0.1, 0.15) is 43.2 Å². The second-order valence-corrected chi connectivity index (χ2v) is 5.86. The van der Waals surface area contributed by atoms with Gasteiger partial charge in [0.15, 0.2) is 5.78 Å². The Bertz CT molecular complexity index is 667. The van der Waals surface area contributed by atoms with E-state index < -0.39 is 0 Å². The van der Waals surface area contributed by atoms with Gasteiger partial charge in [0.05, 0.1) is 0 Å². The molecule has 2 aromatic rings. The lowest BCUT2D eigenvalue weighted by atomic mass is 9.80. The van der Waals surface area contributed by atoms with Crippen LogP contribution in [0, 0.1) is 0 Å². The Morgan fingerprint density at radius 2 is 1.43 bits per heavy atom. The van der Waals surface area contributed by atoms with Crippen molar-refractivity contribution in [2.24, 2.45) is 0 Å². The zero-order chi connectivity index (χ0) is 14.8. The Hall–Kier alpha value is -2.15. The minimum atomic E-state index is 0.186. The average Bonchev–Trinajstić information content (AvgIpc) is 2.86. The minimum Gasteiger partial charge on any atom is -0.295 e. The summed E-state index contributed by atoms with van der Waals surface area (Å²) >= 11 is 0. The Labute approximate surface area is 126 Å². The highest BCUT2D eigenvalue weighted by molar-refractivity contribution is 5.96. The van der Waals surface area contributed by atoms with Crippen molar-refractivity contribution in [2.45, 2.75) is 32.1 Å². The molecule has 0 saturated heterocycles. The van der Waals surface area contributed by atoms with Crippen LogP contribution < -0.4 is 0 Å². The molecule has 1 nitrogen and oxygen atoms in total. The van der Waals surface area contributed by atoms with E-state index in [1.807, 2.05) is 12.1 Å². The largest absolute Gasteiger partial charge is 0.295 e. The number of ketones is 1. The van der Waals surface area contributed by atoms with E-state index >= 15 is 0 Å². The molecule has 2 aromatic carbocycles. The zero-order valence-electron chi connectivity index (χ0n) is 12.5. The first-order valence-electron chi connectivity index (χ1n) is 7.49. The summed E-state index contributed by atoms with van der Waals surface area (Å²) in [5.41, 5.74) is 4.82. The number of hydrogen-bond acceptors (Lipinski definition) is 1. The fraction of sp³-hybridized carbons (Fsp3) is 0.250. The topological polar surface area (TPSA) is 17.1 Å². The fourth-order valence-corrected chi connectivity index (χ4v) is 3.61. The number of carbonyl (C=O) groups excluding carboxylic acids is 1. The van der Waals surface area contributed by atoms with Gasteiger partial charge in [0, 0.05) is 11.5 Å². The molecule has 1 heteroatoms. The van der Waals surface area contributed by atoms with Crippen LogP contribution in [0.25, 0.3) is 0 Å². The monoisotopic (exact) mass is 276 g/mol. The molecule has 0 amide bonds. The van der Waals surface area contributed by atoms with Crippen LogP contribution in [-0.2, 0) is 4.79 Å². The Balaban J connectivity index is 2.09. The summed E-state index contributed by atoms with van der Waals surface area (Å²) in [5, 5.41) is 0. The van der Waals surface area contributed by atoms with Gasteiger partial charge in [0.2, 0.25) is 0 Å². The molecule has 0 heterocycles. The number of carbonyl (C=O) groups is 1. The SMILES string of the molecule is CC(=O)C1=C(C)C[C@@H](c2ccccc2)[C@H]1c1ccccc1. The molecule has 0 bridgehead atoms. The summed E-state index contributed by atoms with van der Waals surface area (Å²) in [5.74, 6) is 0.762. The second kappa shape index (κ2) is 5.69. The van der Waals surface area contributed by atoms with Gasteiger partial charge in [0.1, 0.15) is 0 Å². The molecular formula is C20H20O. The molecule has 2 atom stereocenters. The van der Waals surface area contributed by atoms with Crippen molar-refractivity contribution in [1.29, 1.82) is 0 Å². The highest BCUT2D eigenvalue weighted by atomic mass is 16.1. The molecule has 106 valence electrons. The molecule has 0 radical (unpaired) electrons. The van der Waals surface area contributed by atoms with E-state index in [4.69, 9.17) is 0 Å². The summed E-state index contributed by atoms with van der Waals surface area (Å²) in [7, 11) is 0. The van der Waals surface area contributed by atoms with Crippen LogP contribution in [0.5, 0.6) is 0 Å². The highest BCUT2D eigenvalue weighted by Crippen LogP contribution is 2.49. The number of Topliss-reactive ketones (excluding diaryl/α,β-unsaturated/α-hetero) is 1. The lowest BCUT2D eigenvalue weighted by Gasteiger charge is -2.23.